The smallest absolute Gasteiger partial charge is 0.231 e. The lowest BCUT2D eigenvalue weighted by Gasteiger charge is -2.11. The normalized spacial score (nSPS) is 16.6. The summed E-state index contributed by atoms with van der Waals surface area (Å²) in [7, 11) is 0. The van der Waals surface area contributed by atoms with Gasteiger partial charge in [-0.05, 0) is 30.7 Å². The number of fused-ring (bicyclic) bond motifs is 2. The van der Waals surface area contributed by atoms with Crippen molar-refractivity contribution in [1.29, 1.82) is 0 Å². The van der Waals surface area contributed by atoms with Gasteiger partial charge in [0.2, 0.25) is 12.6 Å². The molecule has 0 unspecified atom stereocenters. The summed E-state index contributed by atoms with van der Waals surface area (Å²) < 4.78 is 16.7. The van der Waals surface area contributed by atoms with Crippen LogP contribution in [0.1, 0.15) is 45.3 Å². The van der Waals surface area contributed by atoms with Crippen molar-refractivity contribution in [2.75, 3.05) is 6.79 Å². The van der Waals surface area contributed by atoms with Gasteiger partial charge in [-0.3, -0.25) is 4.79 Å². The van der Waals surface area contributed by atoms with Crippen molar-refractivity contribution in [3.05, 3.63) is 88.7 Å². The fraction of sp³-hybridized carbons (Fsp3) is 0.154. The number of hydrazone groups is 1. The van der Waals surface area contributed by atoms with Crippen LogP contribution in [-0.2, 0) is 0 Å². The predicted octanol–water partition coefficient (Wildman–Crippen LogP) is 4.85. The number of aromatic hydroxyl groups is 1. The summed E-state index contributed by atoms with van der Waals surface area (Å²) in [4.78, 5) is 12.9. The Kier molecular flexibility index (Phi) is 4.36. The Labute approximate surface area is 189 Å². The molecule has 7 nitrogen and oxygen atoms in total. The fourth-order valence-corrected chi connectivity index (χ4v) is 4.36. The van der Waals surface area contributed by atoms with Crippen LogP contribution < -0.4 is 14.9 Å². The van der Waals surface area contributed by atoms with Gasteiger partial charge in [0.15, 0.2) is 17.3 Å². The minimum Gasteiger partial charge on any atom is -0.507 e. The second kappa shape index (κ2) is 7.41. The topological polar surface area (TPSA) is 93.3 Å². The summed E-state index contributed by atoms with van der Waals surface area (Å²) in [5.74, 6) is 1.60. The van der Waals surface area contributed by atoms with Gasteiger partial charge in [0.1, 0.15) is 11.3 Å². The third-order valence-corrected chi connectivity index (χ3v) is 6.16. The van der Waals surface area contributed by atoms with E-state index in [0.29, 0.717) is 23.1 Å². The number of phenols is 1. The van der Waals surface area contributed by atoms with Crippen LogP contribution in [0, 0.1) is 6.92 Å². The third-order valence-electron chi connectivity index (χ3n) is 6.16. The minimum atomic E-state index is -0.187. The first-order chi connectivity index (χ1) is 16.1. The summed E-state index contributed by atoms with van der Waals surface area (Å²) in [5, 5.41) is 16.0. The first kappa shape index (κ1) is 19.4. The average molecular weight is 440 g/mol. The van der Waals surface area contributed by atoms with Crippen LogP contribution in [0.5, 0.6) is 17.2 Å². The molecule has 4 aromatic rings. The number of benzene rings is 3. The Bertz CT molecular complexity index is 1440. The van der Waals surface area contributed by atoms with Gasteiger partial charge in [-0.1, -0.05) is 36.4 Å². The lowest BCUT2D eigenvalue weighted by Crippen LogP contribution is -2.09. The zero-order valence-electron chi connectivity index (χ0n) is 17.8. The van der Waals surface area contributed by atoms with Crippen LogP contribution in [0.2, 0.25) is 0 Å². The number of carbonyl (C=O) groups excluding carboxylic acids is 1. The van der Waals surface area contributed by atoms with Crippen molar-refractivity contribution >= 4 is 22.5 Å². The highest BCUT2D eigenvalue weighted by Gasteiger charge is 2.27. The van der Waals surface area contributed by atoms with Crippen LogP contribution in [0.25, 0.3) is 11.0 Å². The number of nitrogens with one attached hydrogen (secondary N) is 1. The maximum atomic E-state index is 12.9. The van der Waals surface area contributed by atoms with Crippen LogP contribution in [0.4, 0.5) is 0 Å². The second-order valence-electron chi connectivity index (χ2n) is 8.17. The highest BCUT2D eigenvalue weighted by Crippen LogP contribution is 2.38. The molecule has 3 aromatic carbocycles. The van der Waals surface area contributed by atoms with Crippen LogP contribution in [-0.4, -0.2) is 23.4 Å². The molecule has 2 N–H and O–H groups in total. The van der Waals surface area contributed by atoms with Crippen molar-refractivity contribution in [2.45, 2.75) is 19.4 Å². The molecule has 1 atom stereocenters. The van der Waals surface area contributed by atoms with Gasteiger partial charge < -0.3 is 24.4 Å². The highest BCUT2D eigenvalue weighted by molar-refractivity contribution is 6.12. The monoisotopic (exact) mass is 440 g/mol. The maximum absolute atomic E-state index is 12.9. The van der Waals surface area contributed by atoms with Gasteiger partial charge in [-0.2, -0.15) is 5.10 Å². The zero-order valence-corrected chi connectivity index (χ0v) is 17.8. The number of nitrogens with zero attached hydrogens (tertiary/aromatic N) is 1. The molecule has 7 heteroatoms. The highest BCUT2D eigenvalue weighted by atomic mass is 16.7. The molecule has 0 spiro atoms. The first-order valence-electron chi connectivity index (χ1n) is 10.7. The fourth-order valence-electron chi connectivity index (χ4n) is 4.36. The molecule has 0 saturated carbocycles. The van der Waals surface area contributed by atoms with Gasteiger partial charge in [0.25, 0.3) is 0 Å². The standard InChI is InChI=1S/C26H20N2O5/c1-14-17-10-18(20-11-19(27-28-20)16-7-8-22-24(9-16)32-13-31-22)21(29)12-23(17)33-26(14)25(30)15-5-3-2-4-6-15/h2-10,12,19,27,29H,11,13H2,1H3/t19-/m0/s1. The summed E-state index contributed by atoms with van der Waals surface area (Å²) in [5.41, 5.74) is 7.27. The third kappa shape index (κ3) is 3.20. The zero-order chi connectivity index (χ0) is 22.5. The Morgan fingerprint density at radius 3 is 2.73 bits per heavy atom. The molecule has 3 heterocycles. The summed E-state index contributed by atoms with van der Waals surface area (Å²) in [6.07, 6.45) is 0.589. The molecule has 1 aromatic heterocycles. The van der Waals surface area contributed by atoms with E-state index < -0.39 is 0 Å². The first-order valence-corrected chi connectivity index (χ1v) is 10.7. The maximum Gasteiger partial charge on any atom is 0.231 e. The van der Waals surface area contributed by atoms with Crippen LogP contribution in [0.3, 0.4) is 0 Å². The van der Waals surface area contributed by atoms with Gasteiger partial charge in [-0.15, -0.1) is 0 Å². The van der Waals surface area contributed by atoms with Gasteiger partial charge in [0.05, 0.1) is 11.8 Å². The SMILES string of the molecule is Cc1c(C(=O)c2ccccc2)oc2cc(O)c(C3=NN[C@H](c4ccc5c(c4)OCO5)C3)cc12. The van der Waals surface area contributed by atoms with E-state index in [1.54, 1.807) is 18.2 Å². The molecule has 2 aliphatic rings. The molecule has 164 valence electrons. The van der Waals surface area contributed by atoms with E-state index in [-0.39, 0.29) is 30.1 Å². The van der Waals surface area contributed by atoms with Crippen molar-refractivity contribution in [3.8, 4) is 17.2 Å². The van der Waals surface area contributed by atoms with E-state index in [1.165, 1.54) is 0 Å². The van der Waals surface area contributed by atoms with Gasteiger partial charge >= 0.3 is 0 Å². The van der Waals surface area contributed by atoms with Crippen molar-refractivity contribution in [1.82, 2.24) is 5.43 Å². The number of carbonyl (C=O) groups is 1. The number of aryl methyl sites for hydroxylation is 1. The Hall–Kier alpha value is -4.26. The molecule has 0 bridgehead atoms. The van der Waals surface area contributed by atoms with E-state index in [2.05, 4.69) is 10.5 Å². The summed E-state index contributed by atoms with van der Waals surface area (Å²) in [6, 6.07) is 18.2. The second-order valence-corrected chi connectivity index (χ2v) is 8.17. The van der Waals surface area contributed by atoms with Crippen molar-refractivity contribution in [3.63, 3.8) is 0 Å². The average Bonchev–Trinajstić information content (AvgIpc) is 3.57. The lowest BCUT2D eigenvalue weighted by atomic mass is 9.96. The van der Waals surface area contributed by atoms with Crippen molar-refractivity contribution < 1.29 is 23.8 Å². The number of rotatable bonds is 4. The molecular weight excluding hydrogens is 420 g/mol. The number of phenolic OH excluding ortho intramolecular Hbond substituents is 1. The Balaban J connectivity index is 1.31. The van der Waals surface area contributed by atoms with E-state index in [9.17, 15) is 9.90 Å². The number of furan rings is 1. The minimum absolute atomic E-state index is 0.0507. The van der Waals surface area contributed by atoms with E-state index in [0.717, 1.165) is 33.7 Å². The lowest BCUT2D eigenvalue weighted by molar-refractivity contribution is 0.101. The van der Waals surface area contributed by atoms with Gasteiger partial charge in [-0.25, -0.2) is 0 Å². The number of ether oxygens (including phenoxy) is 2. The molecule has 0 aliphatic carbocycles. The predicted molar refractivity (Wildman–Crippen MR) is 122 cm³/mol. The Morgan fingerprint density at radius 1 is 1.06 bits per heavy atom. The molecule has 0 saturated heterocycles. The molecule has 33 heavy (non-hydrogen) atoms. The summed E-state index contributed by atoms with van der Waals surface area (Å²) in [6.45, 7) is 2.08. The van der Waals surface area contributed by atoms with E-state index >= 15 is 0 Å². The largest absolute Gasteiger partial charge is 0.507 e. The molecule has 0 radical (unpaired) electrons. The van der Waals surface area contributed by atoms with Crippen LogP contribution >= 0.6 is 0 Å². The molecular formula is C26H20N2O5. The number of ketones is 1. The molecule has 0 amide bonds. The number of hydrogen-bond donors (Lipinski definition) is 2. The van der Waals surface area contributed by atoms with E-state index in [1.807, 2.05) is 49.4 Å². The number of hydrogen-bond acceptors (Lipinski definition) is 7. The van der Waals surface area contributed by atoms with E-state index in [4.69, 9.17) is 13.9 Å². The van der Waals surface area contributed by atoms with Crippen LogP contribution in [0.15, 0.2) is 70.2 Å². The summed E-state index contributed by atoms with van der Waals surface area (Å²) >= 11 is 0. The molecule has 2 aliphatic heterocycles. The Morgan fingerprint density at radius 2 is 1.88 bits per heavy atom. The van der Waals surface area contributed by atoms with Gasteiger partial charge in [0, 0.05) is 34.6 Å². The quantitative estimate of drug-likeness (QED) is 0.441. The van der Waals surface area contributed by atoms with Crippen molar-refractivity contribution in [2.24, 2.45) is 5.10 Å². The molecule has 0 fully saturated rings. The molecule has 6 rings (SSSR count).